The molecule has 0 aromatic heterocycles. The predicted octanol–water partition coefficient (Wildman–Crippen LogP) is 2.51. The normalized spacial score (nSPS) is 11.9. The van der Waals surface area contributed by atoms with Crippen LogP contribution in [0.15, 0.2) is 0 Å². The van der Waals surface area contributed by atoms with E-state index in [1.54, 1.807) is 0 Å². The predicted molar refractivity (Wildman–Crippen MR) is 71.6 cm³/mol. The summed E-state index contributed by atoms with van der Waals surface area (Å²) in [6.45, 7) is 4.57. The first-order valence-electron chi connectivity index (χ1n) is 6.82. The number of carbonyl (C=O) groups excluding carboxylic acids is 1. The third-order valence-corrected chi connectivity index (χ3v) is 2.72. The van der Waals surface area contributed by atoms with E-state index in [0.29, 0.717) is 13.0 Å². The van der Waals surface area contributed by atoms with Gasteiger partial charge in [0.25, 0.3) is 0 Å². The van der Waals surface area contributed by atoms with Crippen LogP contribution in [0.5, 0.6) is 0 Å². The number of carboxylic acid groups (broad SMARTS) is 1. The van der Waals surface area contributed by atoms with Gasteiger partial charge in [-0.15, -0.1) is 0 Å². The molecular weight excluding hydrogens is 232 g/mol. The molecule has 3 N–H and O–H groups in total. The summed E-state index contributed by atoms with van der Waals surface area (Å²) in [6, 6.07) is -0.0373. The summed E-state index contributed by atoms with van der Waals surface area (Å²) in [7, 11) is 0. The van der Waals surface area contributed by atoms with Gasteiger partial charge in [0.05, 0.1) is 0 Å². The molecule has 0 aromatic carbocycles. The molecule has 18 heavy (non-hydrogen) atoms. The van der Waals surface area contributed by atoms with Crippen LogP contribution in [-0.2, 0) is 4.79 Å². The first-order chi connectivity index (χ1) is 8.56. The van der Waals surface area contributed by atoms with Gasteiger partial charge in [-0.05, 0) is 19.8 Å². The Bertz CT molecular complexity index is 244. The second-order valence-electron chi connectivity index (χ2n) is 4.65. The highest BCUT2D eigenvalue weighted by molar-refractivity contribution is 5.74. The Morgan fingerprint density at radius 2 is 1.89 bits per heavy atom. The number of hydrogen-bond acceptors (Lipinski definition) is 2. The Morgan fingerprint density at radius 1 is 1.17 bits per heavy atom. The van der Waals surface area contributed by atoms with E-state index in [-0.39, 0.29) is 18.5 Å². The van der Waals surface area contributed by atoms with E-state index in [9.17, 15) is 9.59 Å². The Kier molecular flexibility index (Phi) is 10.1. The topological polar surface area (TPSA) is 78.4 Å². The standard InChI is InChI=1S/C13H26N2O3/c1-3-4-5-6-8-11(2)15-13(18)14-10-7-9-12(16)17/h11H,3-10H2,1-2H3,(H,16,17)(H2,14,15,18). The molecule has 0 saturated carbocycles. The largest absolute Gasteiger partial charge is 0.481 e. The fraction of sp³-hybridized carbons (Fsp3) is 0.846. The molecule has 0 heterocycles. The number of urea groups is 1. The molecule has 1 atom stereocenters. The van der Waals surface area contributed by atoms with Gasteiger partial charge in [-0.1, -0.05) is 32.6 Å². The number of unbranched alkanes of at least 4 members (excludes halogenated alkanes) is 3. The number of amides is 2. The van der Waals surface area contributed by atoms with Crippen LogP contribution in [0.4, 0.5) is 4.79 Å². The molecule has 0 aliphatic rings. The van der Waals surface area contributed by atoms with Crippen molar-refractivity contribution in [2.24, 2.45) is 0 Å². The van der Waals surface area contributed by atoms with Crippen molar-refractivity contribution in [3.63, 3.8) is 0 Å². The number of rotatable bonds is 10. The van der Waals surface area contributed by atoms with Crippen molar-refractivity contribution in [3.8, 4) is 0 Å². The lowest BCUT2D eigenvalue weighted by atomic mass is 10.1. The highest BCUT2D eigenvalue weighted by atomic mass is 16.4. The summed E-state index contributed by atoms with van der Waals surface area (Å²) in [5, 5.41) is 13.9. The third-order valence-electron chi connectivity index (χ3n) is 2.72. The molecule has 0 radical (unpaired) electrons. The first kappa shape index (κ1) is 16.7. The summed E-state index contributed by atoms with van der Waals surface area (Å²) in [6.07, 6.45) is 6.35. The number of carboxylic acids is 1. The monoisotopic (exact) mass is 258 g/mol. The average molecular weight is 258 g/mol. The molecule has 0 aliphatic heterocycles. The van der Waals surface area contributed by atoms with Gasteiger partial charge >= 0.3 is 12.0 Å². The van der Waals surface area contributed by atoms with E-state index in [1.807, 2.05) is 6.92 Å². The maximum Gasteiger partial charge on any atom is 0.314 e. The minimum atomic E-state index is -0.832. The summed E-state index contributed by atoms with van der Waals surface area (Å²) in [4.78, 5) is 21.7. The fourth-order valence-electron chi connectivity index (χ4n) is 1.67. The fourth-order valence-corrected chi connectivity index (χ4v) is 1.67. The van der Waals surface area contributed by atoms with Crippen LogP contribution in [0.3, 0.4) is 0 Å². The molecule has 2 amide bonds. The van der Waals surface area contributed by atoms with Crippen LogP contribution in [0.1, 0.15) is 58.8 Å². The highest BCUT2D eigenvalue weighted by Crippen LogP contribution is 2.04. The Balaban J connectivity index is 3.46. The molecule has 5 nitrogen and oxygen atoms in total. The van der Waals surface area contributed by atoms with Gasteiger partial charge in [-0.25, -0.2) is 4.79 Å². The lowest BCUT2D eigenvalue weighted by molar-refractivity contribution is -0.137. The molecule has 1 unspecified atom stereocenters. The number of aliphatic carboxylic acids is 1. The van der Waals surface area contributed by atoms with E-state index in [4.69, 9.17) is 5.11 Å². The maximum absolute atomic E-state index is 11.4. The molecule has 5 heteroatoms. The van der Waals surface area contributed by atoms with E-state index >= 15 is 0 Å². The Labute approximate surface area is 109 Å². The van der Waals surface area contributed by atoms with E-state index in [1.165, 1.54) is 19.3 Å². The number of hydrogen-bond donors (Lipinski definition) is 3. The molecule has 0 fully saturated rings. The summed E-state index contributed by atoms with van der Waals surface area (Å²) < 4.78 is 0. The maximum atomic E-state index is 11.4. The van der Waals surface area contributed by atoms with Crippen LogP contribution in [0.25, 0.3) is 0 Å². The second kappa shape index (κ2) is 10.9. The van der Waals surface area contributed by atoms with Crippen molar-refractivity contribution in [2.45, 2.75) is 64.8 Å². The molecule has 106 valence electrons. The summed E-state index contributed by atoms with van der Waals surface area (Å²) in [5.74, 6) is -0.832. The van der Waals surface area contributed by atoms with Crippen LogP contribution < -0.4 is 10.6 Å². The van der Waals surface area contributed by atoms with Gasteiger partial charge in [-0.2, -0.15) is 0 Å². The second-order valence-corrected chi connectivity index (χ2v) is 4.65. The molecule has 0 aromatic rings. The van der Waals surface area contributed by atoms with Crippen molar-refractivity contribution in [1.29, 1.82) is 0 Å². The minimum Gasteiger partial charge on any atom is -0.481 e. The van der Waals surface area contributed by atoms with Crippen LogP contribution in [-0.4, -0.2) is 29.7 Å². The molecular formula is C13H26N2O3. The zero-order chi connectivity index (χ0) is 13.8. The molecule has 0 aliphatic carbocycles. The third kappa shape index (κ3) is 11.2. The van der Waals surface area contributed by atoms with Crippen molar-refractivity contribution in [3.05, 3.63) is 0 Å². The van der Waals surface area contributed by atoms with Crippen molar-refractivity contribution < 1.29 is 14.7 Å². The zero-order valence-corrected chi connectivity index (χ0v) is 11.5. The molecule has 0 spiro atoms. The lowest BCUT2D eigenvalue weighted by Gasteiger charge is -2.14. The molecule has 0 saturated heterocycles. The lowest BCUT2D eigenvalue weighted by Crippen LogP contribution is -2.41. The SMILES string of the molecule is CCCCCCC(C)NC(=O)NCCCC(=O)O. The molecule has 0 bridgehead atoms. The van der Waals surface area contributed by atoms with Crippen molar-refractivity contribution in [2.75, 3.05) is 6.54 Å². The summed E-state index contributed by atoms with van der Waals surface area (Å²) in [5.41, 5.74) is 0. The Hall–Kier alpha value is -1.26. The Morgan fingerprint density at radius 3 is 2.50 bits per heavy atom. The first-order valence-corrected chi connectivity index (χ1v) is 6.82. The number of carbonyl (C=O) groups is 2. The van der Waals surface area contributed by atoms with Crippen LogP contribution in [0, 0.1) is 0 Å². The van der Waals surface area contributed by atoms with Crippen LogP contribution >= 0.6 is 0 Å². The summed E-state index contributed by atoms with van der Waals surface area (Å²) >= 11 is 0. The van der Waals surface area contributed by atoms with Gasteiger partial charge < -0.3 is 15.7 Å². The van der Waals surface area contributed by atoms with Crippen LogP contribution in [0.2, 0.25) is 0 Å². The van der Waals surface area contributed by atoms with Gasteiger partial charge in [0.1, 0.15) is 0 Å². The van der Waals surface area contributed by atoms with Gasteiger partial charge in [0, 0.05) is 19.0 Å². The van der Waals surface area contributed by atoms with E-state index < -0.39 is 5.97 Å². The van der Waals surface area contributed by atoms with Crippen molar-refractivity contribution >= 4 is 12.0 Å². The zero-order valence-electron chi connectivity index (χ0n) is 11.5. The minimum absolute atomic E-state index is 0.0901. The van der Waals surface area contributed by atoms with Crippen molar-refractivity contribution in [1.82, 2.24) is 10.6 Å². The van der Waals surface area contributed by atoms with E-state index in [2.05, 4.69) is 17.6 Å². The number of nitrogens with one attached hydrogen (secondary N) is 2. The van der Waals surface area contributed by atoms with Gasteiger partial charge in [0.2, 0.25) is 0 Å². The van der Waals surface area contributed by atoms with Gasteiger partial charge in [0.15, 0.2) is 0 Å². The smallest absolute Gasteiger partial charge is 0.314 e. The van der Waals surface area contributed by atoms with E-state index in [0.717, 1.165) is 12.8 Å². The average Bonchev–Trinajstić information content (AvgIpc) is 2.30. The van der Waals surface area contributed by atoms with Gasteiger partial charge in [-0.3, -0.25) is 4.79 Å². The highest BCUT2D eigenvalue weighted by Gasteiger charge is 2.06. The molecule has 0 rings (SSSR count). The quantitative estimate of drug-likeness (QED) is 0.527.